The van der Waals surface area contributed by atoms with Crippen LogP contribution in [0.1, 0.15) is 32.6 Å². The zero-order valence-corrected chi connectivity index (χ0v) is 14.4. The van der Waals surface area contributed by atoms with Gasteiger partial charge in [0.05, 0.1) is 6.61 Å². The number of aliphatic imine (C=N–C) groups is 1. The van der Waals surface area contributed by atoms with Gasteiger partial charge < -0.3 is 20.3 Å². The summed E-state index contributed by atoms with van der Waals surface area (Å²) in [5.74, 6) is 0.681. The van der Waals surface area contributed by atoms with E-state index in [-0.39, 0.29) is 12.5 Å². The Kier molecular flexibility index (Phi) is 13.4. The molecule has 0 heterocycles. The van der Waals surface area contributed by atoms with Crippen LogP contribution >= 0.6 is 0 Å². The molecular formula is C16H32N4O2. The third-order valence-corrected chi connectivity index (χ3v) is 3.10. The molecule has 0 radical (unpaired) electrons. The monoisotopic (exact) mass is 312 g/mol. The highest BCUT2D eigenvalue weighted by Gasteiger charge is 2.06. The lowest BCUT2D eigenvalue weighted by molar-refractivity contribution is -0.119. The highest BCUT2D eigenvalue weighted by molar-refractivity contribution is 5.84. The number of hydrogen-bond donors (Lipinski definition) is 2. The number of unbranched alkanes of at least 4 members (excludes halogenated alkanes) is 3. The van der Waals surface area contributed by atoms with Crippen LogP contribution in [0.3, 0.4) is 0 Å². The second kappa shape index (κ2) is 14.4. The minimum absolute atomic E-state index is 0.0909. The van der Waals surface area contributed by atoms with Crippen molar-refractivity contribution in [3.05, 3.63) is 12.7 Å². The Balaban J connectivity index is 4.16. The molecule has 0 aromatic carbocycles. The van der Waals surface area contributed by atoms with Crippen molar-refractivity contribution in [2.45, 2.75) is 32.6 Å². The number of carbonyl (C=O) groups is 1. The van der Waals surface area contributed by atoms with Gasteiger partial charge in [0.2, 0.25) is 5.91 Å². The van der Waals surface area contributed by atoms with E-state index in [0.29, 0.717) is 13.2 Å². The molecule has 0 aliphatic carbocycles. The fraction of sp³-hybridized carbons (Fsp3) is 0.750. The Morgan fingerprint density at radius 2 is 2.09 bits per heavy atom. The minimum Gasteiger partial charge on any atom is -0.383 e. The maximum absolute atomic E-state index is 11.7. The third-order valence-electron chi connectivity index (χ3n) is 3.10. The molecule has 0 saturated carbocycles. The van der Waals surface area contributed by atoms with E-state index < -0.39 is 0 Å². The first-order valence-electron chi connectivity index (χ1n) is 8.01. The van der Waals surface area contributed by atoms with Gasteiger partial charge in [-0.25, -0.2) is 4.99 Å². The first kappa shape index (κ1) is 20.4. The van der Waals surface area contributed by atoms with E-state index in [2.05, 4.69) is 27.1 Å². The summed E-state index contributed by atoms with van der Waals surface area (Å²) in [5.41, 5.74) is 0. The third kappa shape index (κ3) is 11.1. The first-order chi connectivity index (χ1) is 10.7. The van der Waals surface area contributed by atoms with Gasteiger partial charge in [0.15, 0.2) is 5.96 Å². The molecule has 0 unspecified atom stereocenters. The number of carbonyl (C=O) groups excluding carboxylic acids is 1. The molecule has 0 atom stereocenters. The fourth-order valence-electron chi connectivity index (χ4n) is 1.89. The molecule has 0 aliphatic heterocycles. The van der Waals surface area contributed by atoms with Crippen molar-refractivity contribution in [3.8, 4) is 0 Å². The van der Waals surface area contributed by atoms with Gasteiger partial charge in [0.25, 0.3) is 0 Å². The second-order valence-corrected chi connectivity index (χ2v) is 5.07. The van der Waals surface area contributed by atoms with Crippen LogP contribution in [-0.4, -0.2) is 63.7 Å². The molecule has 6 heteroatoms. The number of allylic oxidation sites excluding steroid dienone is 1. The van der Waals surface area contributed by atoms with Crippen LogP contribution < -0.4 is 10.6 Å². The maximum atomic E-state index is 11.7. The van der Waals surface area contributed by atoms with Gasteiger partial charge in [0.1, 0.15) is 6.54 Å². The molecule has 0 saturated heterocycles. The van der Waals surface area contributed by atoms with Crippen molar-refractivity contribution in [1.82, 2.24) is 15.5 Å². The Labute approximate surface area is 135 Å². The van der Waals surface area contributed by atoms with Gasteiger partial charge in [-0.3, -0.25) is 4.79 Å². The van der Waals surface area contributed by atoms with Crippen molar-refractivity contribution < 1.29 is 9.53 Å². The van der Waals surface area contributed by atoms with E-state index in [9.17, 15) is 4.79 Å². The van der Waals surface area contributed by atoms with Crippen molar-refractivity contribution in [2.75, 3.05) is 46.9 Å². The topological polar surface area (TPSA) is 66.0 Å². The zero-order chi connectivity index (χ0) is 16.6. The molecule has 0 spiro atoms. The van der Waals surface area contributed by atoms with Gasteiger partial charge in [-0.1, -0.05) is 12.5 Å². The lowest BCUT2D eigenvalue weighted by atomic mass is 10.2. The van der Waals surface area contributed by atoms with Crippen LogP contribution in [0.5, 0.6) is 0 Å². The van der Waals surface area contributed by atoms with Crippen LogP contribution in [0.15, 0.2) is 17.6 Å². The van der Waals surface area contributed by atoms with Crippen LogP contribution in [0, 0.1) is 0 Å². The molecule has 2 N–H and O–H groups in total. The fourth-order valence-corrected chi connectivity index (χ4v) is 1.89. The highest BCUT2D eigenvalue weighted by Crippen LogP contribution is 2.01. The van der Waals surface area contributed by atoms with Gasteiger partial charge in [-0.2, -0.15) is 0 Å². The molecule has 128 valence electrons. The number of rotatable bonds is 12. The van der Waals surface area contributed by atoms with E-state index in [4.69, 9.17) is 4.74 Å². The maximum Gasteiger partial charge on any atom is 0.241 e. The summed E-state index contributed by atoms with van der Waals surface area (Å²) in [4.78, 5) is 18.1. The molecule has 22 heavy (non-hydrogen) atoms. The highest BCUT2D eigenvalue weighted by atomic mass is 16.5. The molecule has 0 bridgehead atoms. The number of nitrogens with one attached hydrogen (secondary N) is 2. The summed E-state index contributed by atoms with van der Waals surface area (Å²) < 4.78 is 4.89. The van der Waals surface area contributed by atoms with Crippen molar-refractivity contribution >= 4 is 11.9 Å². The molecule has 0 rings (SSSR count). The van der Waals surface area contributed by atoms with Crippen molar-refractivity contribution in [3.63, 3.8) is 0 Å². The van der Waals surface area contributed by atoms with Gasteiger partial charge in [-0.05, 0) is 26.2 Å². The number of amides is 1. The standard InChI is InChI=1S/C16H32N4O2/c1-5-7-8-9-10-12-20(3)16(17-6-2)19-14-15(21)18-11-13-22-4/h5H,1,6-14H2,2-4H3,(H,17,19)(H,18,21). The lowest BCUT2D eigenvalue weighted by Gasteiger charge is -2.22. The summed E-state index contributed by atoms with van der Waals surface area (Å²) in [5, 5.41) is 5.97. The predicted molar refractivity (Wildman–Crippen MR) is 92.2 cm³/mol. The van der Waals surface area contributed by atoms with Crippen LogP contribution in [0.4, 0.5) is 0 Å². The largest absolute Gasteiger partial charge is 0.383 e. The predicted octanol–water partition coefficient (Wildman–Crippen LogP) is 1.39. The van der Waals surface area contributed by atoms with E-state index >= 15 is 0 Å². The summed E-state index contributed by atoms with van der Waals surface area (Å²) in [6.45, 7) is 8.62. The van der Waals surface area contributed by atoms with Crippen LogP contribution in [0.2, 0.25) is 0 Å². The number of nitrogens with zero attached hydrogens (tertiary/aromatic N) is 2. The Hall–Kier alpha value is -1.56. The van der Waals surface area contributed by atoms with E-state index in [1.807, 2.05) is 20.0 Å². The number of hydrogen-bond acceptors (Lipinski definition) is 3. The molecule has 0 aromatic rings. The molecule has 0 aliphatic rings. The van der Waals surface area contributed by atoms with Crippen molar-refractivity contribution in [1.29, 1.82) is 0 Å². The van der Waals surface area contributed by atoms with E-state index in [1.165, 1.54) is 12.8 Å². The summed E-state index contributed by atoms with van der Waals surface area (Å²) >= 11 is 0. The number of methoxy groups -OCH3 is 1. The minimum atomic E-state index is -0.0909. The quantitative estimate of drug-likeness (QED) is 0.247. The number of guanidine groups is 1. The second-order valence-electron chi connectivity index (χ2n) is 5.07. The SMILES string of the molecule is C=CCCCCCN(C)C(=NCC(=O)NCCOC)NCC. The normalized spacial score (nSPS) is 11.1. The Bertz CT molecular complexity index is 332. The van der Waals surface area contributed by atoms with E-state index in [0.717, 1.165) is 31.9 Å². The van der Waals surface area contributed by atoms with Gasteiger partial charge in [0, 0.05) is 33.8 Å². The number of ether oxygens (including phenoxy) is 1. The Morgan fingerprint density at radius 1 is 1.32 bits per heavy atom. The molecule has 0 fully saturated rings. The average molecular weight is 312 g/mol. The van der Waals surface area contributed by atoms with Crippen LogP contribution in [-0.2, 0) is 9.53 Å². The smallest absolute Gasteiger partial charge is 0.241 e. The average Bonchev–Trinajstić information content (AvgIpc) is 2.51. The lowest BCUT2D eigenvalue weighted by Crippen LogP contribution is -2.40. The first-order valence-corrected chi connectivity index (χ1v) is 8.01. The molecule has 1 amide bonds. The van der Waals surface area contributed by atoms with Gasteiger partial charge >= 0.3 is 0 Å². The van der Waals surface area contributed by atoms with E-state index in [1.54, 1.807) is 7.11 Å². The molecule has 0 aromatic heterocycles. The van der Waals surface area contributed by atoms with Gasteiger partial charge in [-0.15, -0.1) is 6.58 Å². The molecular weight excluding hydrogens is 280 g/mol. The summed E-state index contributed by atoms with van der Waals surface area (Å²) in [6.07, 6.45) is 6.48. The van der Waals surface area contributed by atoms with Crippen LogP contribution in [0.25, 0.3) is 0 Å². The molecule has 6 nitrogen and oxygen atoms in total. The Morgan fingerprint density at radius 3 is 2.73 bits per heavy atom. The summed E-state index contributed by atoms with van der Waals surface area (Å²) in [7, 11) is 3.61. The van der Waals surface area contributed by atoms with Crippen molar-refractivity contribution in [2.24, 2.45) is 4.99 Å². The summed E-state index contributed by atoms with van der Waals surface area (Å²) in [6, 6.07) is 0. The zero-order valence-electron chi connectivity index (χ0n) is 14.4.